The van der Waals surface area contributed by atoms with Crippen molar-refractivity contribution in [2.45, 2.75) is 6.18 Å². The Morgan fingerprint density at radius 3 is 2.43 bits per heavy atom. The molecular weight excluding hydrogens is 401 g/mol. The van der Waals surface area contributed by atoms with Gasteiger partial charge >= 0.3 is 12.1 Å². The fourth-order valence-electron chi connectivity index (χ4n) is 2.94. The van der Waals surface area contributed by atoms with Crippen molar-refractivity contribution in [1.29, 1.82) is 0 Å². The number of alkyl halides is 3. The summed E-state index contributed by atoms with van der Waals surface area (Å²) < 4.78 is 42.2. The summed E-state index contributed by atoms with van der Waals surface area (Å²) in [5.41, 5.74) is 5.92. The molecule has 30 heavy (non-hydrogen) atoms. The Morgan fingerprint density at radius 2 is 1.80 bits per heavy atom. The molecule has 0 saturated heterocycles. The van der Waals surface area contributed by atoms with E-state index in [9.17, 15) is 18.0 Å². The number of benzene rings is 2. The predicted octanol–water partition coefficient (Wildman–Crippen LogP) is 3.42. The zero-order valence-corrected chi connectivity index (χ0v) is 15.1. The summed E-state index contributed by atoms with van der Waals surface area (Å²) in [6, 6.07) is 12.9. The van der Waals surface area contributed by atoms with Crippen LogP contribution in [-0.4, -0.2) is 35.9 Å². The number of aromatic nitrogens is 5. The first kappa shape index (κ1) is 19.2. The molecule has 3 N–H and O–H groups in total. The van der Waals surface area contributed by atoms with Crippen LogP contribution < -0.4 is 5.73 Å². The lowest BCUT2D eigenvalue weighted by molar-refractivity contribution is -0.143. The molecule has 8 nitrogen and oxygen atoms in total. The Bertz CT molecular complexity index is 1230. The van der Waals surface area contributed by atoms with Gasteiger partial charge in [-0.2, -0.15) is 18.3 Å². The number of rotatable bonds is 4. The molecule has 2 aromatic carbocycles. The maximum absolute atomic E-state index is 13.4. The van der Waals surface area contributed by atoms with Crippen LogP contribution in [0.15, 0.2) is 60.9 Å². The van der Waals surface area contributed by atoms with E-state index in [1.165, 1.54) is 16.8 Å². The molecule has 0 aliphatic rings. The molecule has 0 amide bonds. The molecule has 0 radical (unpaired) electrons. The average Bonchev–Trinajstić information content (AvgIpc) is 3.36. The summed E-state index contributed by atoms with van der Waals surface area (Å²) in [6.07, 6.45) is -2.55. The second-order valence-corrected chi connectivity index (χ2v) is 6.31. The highest BCUT2D eigenvalue weighted by Gasteiger charge is 2.40. The van der Waals surface area contributed by atoms with Crippen LogP contribution in [0.1, 0.15) is 16.1 Å². The molecule has 0 atom stereocenters. The Hall–Kier alpha value is -4.15. The minimum absolute atomic E-state index is 0.0572. The fraction of sp³-hybridized carbons (Fsp3) is 0.0526. The number of nitrogens with zero attached hydrogens (tertiary/aromatic N) is 5. The zero-order chi connectivity index (χ0) is 21.5. The number of halogens is 3. The number of carboxylic acids is 1. The molecule has 0 spiro atoms. The van der Waals surface area contributed by atoms with Crippen molar-refractivity contribution in [3.05, 3.63) is 72.2 Å². The van der Waals surface area contributed by atoms with Crippen molar-refractivity contribution in [2.75, 3.05) is 5.73 Å². The number of nitrogen functional groups attached to an aromatic ring is 1. The molecular formula is C19H13F3N6O2. The number of carbonyl (C=O) groups is 1. The van der Waals surface area contributed by atoms with Crippen molar-refractivity contribution >= 4 is 11.7 Å². The summed E-state index contributed by atoms with van der Waals surface area (Å²) in [7, 11) is 0. The molecule has 0 saturated carbocycles. The number of hydrogen-bond donors (Lipinski definition) is 2. The van der Waals surface area contributed by atoms with Crippen molar-refractivity contribution in [3.8, 4) is 22.6 Å². The smallest absolute Gasteiger partial charge is 0.434 e. The second-order valence-electron chi connectivity index (χ2n) is 6.31. The van der Waals surface area contributed by atoms with Crippen LogP contribution in [0.5, 0.6) is 0 Å². The standard InChI is InChI=1S/C19H13F3N6O2/c20-19(21,22)17-15(18(29)30)9-24-28(17)13-6-4-11(5-7-13)16-10-27(26-25-16)14-3-1-2-12(23)8-14/h1-10H,23H2,(H,29,30). The second kappa shape index (κ2) is 7.03. The minimum Gasteiger partial charge on any atom is -0.478 e. The van der Waals surface area contributed by atoms with Gasteiger partial charge in [0.1, 0.15) is 11.3 Å². The van der Waals surface area contributed by atoms with Crippen molar-refractivity contribution in [2.24, 2.45) is 0 Å². The van der Waals surface area contributed by atoms with E-state index in [1.54, 1.807) is 42.6 Å². The third kappa shape index (κ3) is 3.48. The highest BCUT2D eigenvalue weighted by atomic mass is 19.4. The molecule has 152 valence electrons. The molecule has 11 heteroatoms. The van der Waals surface area contributed by atoms with Gasteiger partial charge in [-0.15, -0.1) is 5.10 Å². The van der Waals surface area contributed by atoms with Crippen LogP contribution in [0.25, 0.3) is 22.6 Å². The Morgan fingerprint density at radius 1 is 1.07 bits per heavy atom. The molecule has 0 bridgehead atoms. The molecule has 4 aromatic rings. The van der Waals surface area contributed by atoms with E-state index in [-0.39, 0.29) is 5.69 Å². The third-order valence-electron chi connectivity index (χ3n) is 4.30. The topological polar surface area (TPSA) is 112 Å². The summed E-state index contributed by atoms with van der Waals surface area (Å²) in [5, 5.41) is 20.7. The lowest BCUT2D eigenvalue weighted by Crippen LogP contribution is -2.17. The van der Waals surface area contributed by atoms with E-state index in [1.807, 2.05) is 0 Å². The first-order chi connectivity index (χ1) is 14.2. The number of nitrogens with two attached hydrogens (primary N) is 1. The SMILES string of the molecule is Nc1cccc(-n2cc(-c3ccc(-n4ncc(C(=O)O)c4C(F)(F)F)cc3)nn2)c1. The first-order valence-electron chi connectivity index (χ1n) is 8.51. The van der Waals surface area contributed by atoms with E-state index in [2.05, 4.69) is 15.4 Å². The van der Waals surface area contributed by atoms with Gasteiger partial charge in [-0.3, -0.25) is 0 Å². The largest absolute Gasteiger partial charge is 0.478 e. The van der Waals surface area contributed by atoms with Crippen LogP contribution in [0, 0.1) is 0 Å². The van der Waals surface area contributed by atoms with Crippen LogP contribution in [0.4, 0.5) is 18.9 Å². The monoisotopic (exact) mass is 414 g/mol. The Kier molecular flexibility index (Phi) is 4.49. The van der Waals surface area contributed by atoms with Gasteiger partial charge in [-0.05, 0) is 30.3 Å². The van der Waals surface area contributed by atoms with Gasteiger partial charge in [0.05, 0.1) is 23.8 Å². The Labute approximate surface area is 167 Å². The number of anilines is 1. The van der Waals surface area contributed by atoms with Crippen LogP contribution in [0.2, 0.25) is 0 Å². The summed E-state index contributed by atoms with van der Waals surface area (Å²) in [5.74, 6) is -1.71. The van der Waals surface area contributed by atoms with E-state index in [0.29, 0.717) is 33.5 Å². The van der Waals surface area contributed by atoms with Crippen molar-refractivity contribution in [3.63, 3.8) is 0 Å². The Balaban J connectivity index is 1.67. The average molecular weight is 414 g/mol. The highest BCUT2D eigenvalue weighted by molar-refractivity contribution is 5.89. The maximum Gasteiger partial charge on any atom is 0.434 e. The van der Waals surface area contributed by atoms with Gasteiger partial charge in [0, 0.05) is 11.3 Å². The fourth-order valence-corrected chi connectivity index (χ4v) is 2.94. The van der Waals surface area contributed by atoms with Crippen molar-refractivity contribution < 1.29 is 23.1 Å². The molecule has 0 aliphatic heterocycles. The van der Waals surface area contributed by atoms with Crippen molar-refractivity contribution in [1.82, 2.24) is 24.8 Å². The van der Waals surface area contributed by atoms with E-state index in [0.717, 1.165) is 0 Å². The maximum atomic E-state index is 13.4. The third-order valence-corrected chi connectivity index (χ3v) is 4.30. The summed E-state index contributed by atoms with van der Waals surface area (Å²) >= 11 is 0. The van der Waals surface area contributed by atoms with E-state index in [4.69, 9.17) is 10.8 Å². The lowest BCUT2D eigenvalue weighted by atomic mass is 10.1. The summed E-state index contributed by atoms with van der Waals surface area (Å²) in [4.78, 5) is 11.1. The molecule has 2 aromatic heterocycles. The van der Waals surface area contributed by atoms with Gasteiger partial charge < -0.3 is 10.8 Å². The van der Waals surface area contributed by atoms with E-state index >= 15 is 0 Å². The molecule has 0 unspecified atom stereocenters. The van der Waals surface area contributed by atoms with Gasteiger partial charge in [0.25, 0.3) is 0 Å². The molecule has 0 aliphatic carbocycles. The zero-order valence-electron chi connectivity index (χ0n) is 15.1. The molecule has 4 rings (SSSR count). The van der Waals surface area contributed by atoms with Crippen LogP contribution in [-0.2, 0) is 6.18 Å². The highest BCUT2D eigenvalue weighted by Crippen LogP contribution is 2.34. The van der Waals surface area contributed by atoms with E-state index < -0.39 is 23.4 Å². The predicted molar refractivity (Wildman–Crippen MR) is 100 cm³/mol. The molecule has 0 fully saturated rings. The van der Waals surface area contributed by atoms with Crippen LogP contribution >= 0.6 is 0 Å². The van der Waals surface area contributed by atoms with Crippen LogP contribution in [0.3, 0.4) is 0 Å². The van der Waals surface area contributed by atoms with Gasteiger partial charge in [-0.25, -0.2) is 14.2 Å². The number of carboxylic acid groups (broad SMARTS) is 1. The molecule has 2 heterocycles. The summed E-state index contributed by atoms with van der Waals surface area (Å²) in [6.45, 7) is 0. The van der Waals surface area contributed by atoms with Gasteiger partial charge in [-0.1, -0.05) is 23.4 Å². The lowest BCUT2D eigenvalue weighted by Gasteiger charge is -2.11. The van der Waals surface area contributed by atoms with Gasteiger partial charge in [0.2, 0.25) is 0 Å². The number of hydrogen-bond acceptors (Lipinski definition) is 5. The normalized spacial score (nSPS) is 11.6. The minimum atomic E-state index is -4.89. The first-order valence-corrected chi connectivity index (χ1v) is 8.51. The quantitative estimate of drug-likeness (QED) is 0.495. The van der Waals surface area contributed by atoms with Gasteiger partial charge in [0.15, 0.2) is 5.69 Å². The number of aromatic carboxylic acids is 1.